The van der Waals surface area contributed by atoms with Crippen LogP contribution in [0.2, 0.25) is 0 Å². The van der Waals surface area contributed by atoms with Gasteiger partial charge in [-0.25, -0.2) is 8.42 Å². The lowest BCUT2D eigenvalue weighted by atomic mass is 9.83. The highest BCUT2D eigenvalue weighted by Gasteiger charge is 2.28. The maximum absolute atomic E-state index is 11.6. The third kappa shape index (κ3) is 4.72. The maximum Gasteiger partial charge on any atom is 0.151 e. The normalized spacial score (nSPS) is 27.5. The average Bonchev–Trinajstić information content (AvgIpc) is 2.47. The molecular weight excluding hydrogens is 260 g/mol. The minimum atomic E-state index is -2.82. The molecule has 1 N–H and O–H groups in total. The van der Waals surface area contributed by atoms with Gasteiger partial charge in [0.1, 0.15) is 0 Å². The van der Waals surface area contributed by atoms with E-state index in [0.717, 1.165) is 25.6 Å². The highest BCUT2D eigenvalue weighted by molar-refractivity contribution is 7.91. The molecule has 1 atom stereocenters. The van der Waals surface area contributed by atoms with Crippen LogP contribution in [0, 0.1) is 5.92 Å². The van der Waals surface area contributed by atoms with Crippen molar-refractivity contribution in [2.45, 2.75) is 45.1 Å². The van der Waals surface area contributed by atoms with E-state index in [0.29, 0.717) is 18.3 Å². The first kappa shape index (κ1) is 15.3. The summed E-state index contributed by atoms with van der Waals surface area (Å²) in [5.74, 6) is 1.39. The van der Waals surface area contributed by atoms with E-state index in [1.165, 1.54) is 32.1 Å². The topological polar surface area (TPSA) is 49.4 Å². The fraction of sp³-hybridized carbons (Fsp3) is 1.00. The van der Waals surface area contributed by atoms with Gasteiger partial charge in [-0.2, -0.15) is 0 Å². The Kier molecular flexibility index (Phi) is 5.66. The minimum absolute atomic E-state index is 0.269. The molecule has 1 heterocycles. The third-order valence-electron chi connectivity index (χ3n) is 4.67. The molecule has 0 spiro atoms. The van der Waals surface area contributed by atoms with Crippen LogP contribution >= 0.6 is 0 Å². The van der Waals surface area contributed by atoms with Gasteiger partial charge in [-0.15, -0.1) is 0 Å². The van der Waals surface area contributed by atoms with E-state index in [-0.39, 0.29) is 5.75 Å². The maximum atomic E-state index is 11.6. The molecule has 112 valence electrons. The van der Waals surface area contributed by atoms with Crippen LogP contribution in [0.15, 0.2) is 0 Å². The molecule has 1 unspecified atom stereocenters. The fourth-order valence-electron chi connectivity index (χ4n) is 3.31. The summed E-state index contributed by atoms with van der Waals surface area (Å²) in [4.78, 5) is 2.34. The van der Waals surface area contributed by atoms with Crippen LogP contribution in [-0.4, -0.2) is 57.0 Å². The first-order chi connectivity index (χ1) is 9.11. The molecule has 0 amide bonds. The Hall–Kier alpha value is -0.130. The van der Waals surface area contributed by atoms with Crippen molar-refractivity contribution in [2.75, 3.05) is 37.7 Å². The number of piperazine rings is 1. The second-order valence-corrected chi connectivity index (χ2v) is 8.47. The van der Waals surface area contributed by atoms with Gasteiger partial charge in [-0.3, -0.25) is 4.90 Å². The van der Waals surface area contributed by atoms with Gasteiger partial charge in [0.25, 0.3) is 0 Å². The second kappa shape index (κ2) is 7.04. The van der Waals surface area contributed by atoms with Gasteiger partial charge in [0.2, 0.25) is 0 Å². The van der Waals surface area contributed by atoms with Crippen molar-refractivity contribution in [1.82, 2.24) is 10.2 Å². The molecule has 0 aromatic rings. The zero-order valence-electron chi connectivity index (χ0n) is 12.1. The standard InChI is InChI=1S/C14H28N2O2S/c1-2-19(17,18)11-10-16-9-8-15-14(12-16)13-6-4-3-5-7-13/h13-15H,2-12H2,1H3. The average molecular weight is 288 g/mol. The molecule has 5 heteroatoms. The van der Waals surface area contributed by atoms with Crippen LogP contribution < -0.4 is 5.32 Å². The van der Waals surface area contributed by atoms with E-state index in [9.17, 15) is 8.42 Å². The Bertz CT molecular complexity index is 364. The highest BCUT2D eigenvalue weighted by Crippen LogP contribution is 2.27. The van der Waals surface area contributed by atoms with Crippen LogP contribution in [0.1, 0.15) is 39.0 Å². The second-order valence-electron chi connectivity index (χ2n) is 6.00. The molecule has 2 rings (SSSR count). The van der Waals surface area contributed by atoms with E-state index in [2.05, 4.69) is 10.2 Å². The largest absolute Gasteiger partial charge is 0.311 e. The predicted molar refractivity (Wildman–Crippen MR) is 79.1 cm³/mol. The Morgan fingerprint density at radius 1 is 1.21 bits per heavy atom. The third-order valence-corrected chi connectivity index (χ3v) is 6.35. The molecule has 2 fully saturated rings. The van der Waals surface area contributed by atoms with Gasteiger partial charge >= 0.3 is 0 Å². The van der Waals surface area contributed by atoms with E-state index in [1.54, 1.807) is 6.92 Å². The number of sulfone groups is 1. The predicted octanol–water partition coefficient (Wildman–Crippen LogP) is 1.28. The lowest BCUT2D eigenvalue weighted by Crippen LogP contribution is -2.54. The lowest BCUT2D eigenvalue weighted by Gasteiger charge is -2.39. The number of nitrogens with zero attached hydrogens (tertiary/aromatic N) is 1. The SMILES string of the molecule is CCS(=O)(=O)CCN1CCNC(C2CCCCC2)C1. The number of nitrogens with one attached hydrogen (secondary N) is 1. The first-order valence-electron chi connectivity index (χ1n) is 7.77. The van der Waals surface area contributed by atoms with Crippen LogP contribution in [-0.2, 0) is 9.84 Å². The summed E-state index contributed by atoms with van der Waals surface area (Å²) in [6.07, 6.45) is 6.82. The molecule has 1 aliphatic carbocycles. The van der Waals surface area contributed by atoms with Crippen molar-refractivity contribution in [3.63, 3.8) is 0 Å². The number of rotatable bonds is 5. The van der Waals surface area contributed by atoms with Crippen molar-refractivity contribution >= 4 is 9.84 Å². The molecule has 0 aromatic carbocycles. The first-order valence-corrected chi connectivity index (χ1v) is 9.59. The molecule has 19 heavy (non-hydrogen) atoms. The molecule has 1 saturated carbocycles. The van der Waals surface area contributed by atoms with E-state index < -0.39 is 9.84 Å². The van der Waals surface area contributed by atoms with Crippen molar-refractivity contribution < 1.29 is 8.42 Å². The highest BCUT2D eigenvalue weighted by atomic mass is 32.2. The Morgan fingerprint density at radius 3 is 2.63 bits per heavy atom. The van der Waals surface area contributed by atoms with Gasteiger partial charge in [0, 0.05) is 38.0 Å². The van der Waals surface area contributed by atoms with E-state index in [4.69, 9.17) is 0 Å². The van der Waals surface area contributed by atoms with Crippen LogP contribution in [0.4, 0.5) is 0 Å². The molecule has 2 aliphatic rings. The summed E-state index contributed by atoms with van der Waals surface area (Å²) in [6, 6.07) is 0.582. The zero-order valence-corrected chi connectivity index (χ0v) is 12.9. The number of hydrogen-bond donors (Lipinski definition) is 1. The lowest BCUT2D eigenvalue weighted by molar-refractivity contribution is 0.152. The van der Waals surface area contributed by atoms with Gasteiger partial charge in [0.05, 0.1) is 5.75 Å². The Morgan fingerprint density at radius 2 is 1.95 bits per heavy atom. The molecule has 0 radical (unpaired) electrons. The van der Waals surface area contributed by atoms with Crippen molar-refractivity contribution in [2.24, 2.45) is 5.92 Å². The summed E-state index contributed by atoms with van der Waals surface area (Å²) in [5, 5.41) is 3.64. The Labute approximate surface area is 117 Å². The zero-order chi connectivity index (χ0) is 13.7. The monoisotopic (exact) mass is 288 g/mol. The van der Waals surface area contributed by atoms with Gasteiger partial charge in [0.15, 0.2) is 9.84 Å². The van der Waals surface area contributed by atoms with Crippen LogP contribution in [0.5, 0.6) is 0 Å². The van der Waals surface area contributed by atoms with Gasteiger partial charge < -0.3 is 5.32 Å². The molecule has 0 bridgehead atoms. The van der Waals surface area contributed by atoms with E-state index >= 15 is 0 Å². The summed E-state index contributed by atoms with van der Waals surface area (Å²) >= 11 is 0. The van der Waals surface area contributed by atoms with Crippen LogP contribution in [0.3, 0.4) is 0 Å². The number of hydrogen-bond acceptors (Lipinski definition) is 4. The fourth-order valence-corrected chi connectivity index (χ4v) is 4.13. The van der Waals surface area contributed by atoms with Crippen molar-refractivity contribution in [3.05, 3.63) is 0 Å². The molecule has 4 nitrogen and oxygen atoms in total. The minimum Gasteiger partial charge on any atom is -0.311 e. The molecule has 1 saturated heterocycles. The van der Waals surface area contributed by atoms with E-state index in [1.807, 2.05) is 0 Å². The Balaban J connectivity index is 1.80. The molecular formula is C14H28N2O2S. The summed E-state index contributed by atoms with van der Waals surface area (Å²) in [5.41, 5.74) is 0. The smallest absolute Gasteiger partial charge is 0.151 e. The quantitative estimate of drug-likeness (QED) is 0.828. The summed E-state index contributed by atoms with van der Waals surface area (Å²) in [6.45, 7) is 5.47. The van der Waals surface area contributed by atoms with Crippen molar-refractivity contribution in [1.29, 1.82) is 0 Å². The van der Waals surface area contributed by atoms with Crippen molar-refractivity contribution in [3.8, 4) is 0 Å². The molecule has 1 aliphatic heterocycles. The molecule has 0 aromatic heterocycles. The summed E-state index contributed by atoms with van der Waals surface area (Å²) < 4.78 is 23.2. The van der Waals surface area contributed by atoms with Gasteiger partial charge in [-0.05, 0) is 18.8 Å². The summed E-state index contributed by atoms with van der Waals surface area (Å²) in [7, 11) is -2.82. The van der Waals surface area contributed by atoms with Crippen LogP contribution in [0.25, 0.3) is 0 Å². The van der Waals surface area contributed by atoms with Gasteiger partial charge in [-0.1, -0.05) is 26.2 Å².